The van der Waals surface area contributed by atoms with Gasteiger partial charge in [0.05, 0.1) is 16.2 Å². The van der Waals surface area contributed by atoms with Gasteiger partial charge >= 0.3 is 0 Å². The second-order valence-electron chi connectivity index (χ2n) is 4.60. The molecule has 2 aromatic rings. The van der Waals surface area contributed by atoms with E-state index in [4.69, 9.17) is 11.6 Å². The number of hydrogen-bond acceptors (Lipinski definition) is 3. The molecule has 0 fully saturated rings. The molecule has 20 heavy (non-hydrogen) atoms. The number of Topliss-reactive ketones (excluding diaryl/α,β-unsaturated/α-hetero) is 1. The van der Waals surface area contributed by atoms with E-state index in [9.17, 15) is 9.59 Å². The van der Waals surface area contributed by atoms with Crippen molar-refractivity contribution in [2.45, 2.75) is 13.8 Å². The van der Waals surface area contributed by atoms with Crippen LogP contribution in [-0.2, 0) is 0 Å². The fraction of sp³-hybridized carbons (Fsp3) is 0.200. The molecule has 2 N–H and O–H groups in total. The van der Waals surface area contributed by atoms with Crippen LogP contribution in [-0.4, -0.2) is 17.3 Å². The summed E-state index contributed by atoms with van der Waals surface area (Å²) in [7, 11) is 0. The molecule has 0 aliphatic carbocycles. The number of fused-ring (bicyclic) bond motifs is 1. The van der Waals surface area contributed by atoms with Crippen molar-refractivity contribution in [2.24, 2.45) is 0 Å². The molecule has 0 saturated heterocycles. The van der Waals surface area contributed by atoms with Crippen molar-refractivity contribution >= 4 is 34.0 Å². The number of aromatic amines is 1. The zero-order valence-corrected chi connectivity index (χ0v) is 12.1. The van der Waals surface area contributed by atoms with Crippen LogP contribution >= 0.6 is 11.6 Å². The summed E-state index contributed by atoms with van der Waals surface area (Å²) in [5.41, 5.74) is 1.65. The topological polar surface area (TPSA) is 62.0 Å². The van der Waals surface area contributed by atoms with Crippen LogP contribution in [0, 0.1) is 6.92 Å². The number of halogens is 1. The molecule has 104 valence electrons. The Morgan fingerprint density at radius 3 is 2.80 bits per heavy atom. The van der Waals surface area contributed by atoms with E-state index >= 15 is 0 Å². The average Bonchev–Trinajstić information content (AvgIpc) is 2.36. The summed E-state index contributed by atoms with van der Waals surface area (Å²) in [6.07, 6.45) is 1.66. The number of benzene rings is 1. The van der Waals surface area contributed by atoms with Crippen LogP contribution in [0.25, 0.3) is 10.9 Å². The highest BCUT2D eigenvalue weighted by molar-refractivity contribution is 6.35. The molecular weight excluding hydrogens is 276 g/mol. The van der Waals surface area contributed by atoms with Crippen LogP contribution in [0.2, 0.25) is 5.02 Å². The molecule has 1 heterocycles. The first kappa shape index (κ1) is 14.3. The maximum Gasteiger partial charge on any atom is 0.261 e. The number of aryl methyl sites for hydroxylation is 1. The van der Waals surface area contributed by atoms with Gasteiger partial charge in [-0.15, -0.1) is 6.58 Å². The van der Waals surface area contributed by atoms with Gasteiger partial charge in [0.25, 0.3) is 5.56 Å². The van der Waals surface area contributed by atoms with Gasteiger partial charge in [0.1, 0.15) is 5.56 Å². The first-order chi connectivity index (χ1) is 9.45. The Morgan fingerprint density at radius 1 is 1.50 bits per heavy atom. The van der Waals surface area contributed by atoms with E-state index in [2.05, 4.69) is 16.9 Å². The molecule has 0 aliphatic rings. The second kappa shape index (κ2) is 5.51. The number of H-pyrrole nitrogens is 1. The van der Waals surface area contributed by atoms with E-state index in [1.165, 1.54) is 6.92 Å². The van der Waals surface area contributed by atoms with E-state index in [0.29, 0.717) is 22.8 Å². The molecule has 0 amide bonds. The van der Waals surface area contributed by atoms with E-state index in [0.717, 1.165) is 10.9 Å². The molecule has 0 radical (unpaired) electrons. The van der Waals surface area contributed by atoms with Crippen LogP contribution in [0.15, 0.2) is 29.6 Å². The number of ketones is 1. The van der Waals surface area contributed by atoms with Crippen LogP contribution in [0.3, 0.4) is 0 Å². The Bertz CT molecular complexity index is 763. The van der Waals surface area contributed by atoms with Crippen molar-refractivity contribution in [3.63, 3.8) is 0 Å². The number of hydrogen-bond donors (Lipinski definition) is 2. The van der Waals surface area contributed by atoms with Crippen molar-refractivity contribution in [2.75, 3.05) is 11.9 Å². The summed E-state index contributed by atoms with van der Waals surface area (Å²) in [5.74, 6) is -0.294. The van der Waals surface area contributed by atoms with Crippen molar-refractivity contribution in [3.05, 3.63) is 51.3 Å². The predicted molar refractivity (Wildman–Crippen MR) is 83.0 cm³/mol. The number of nitrogens with one attached hydrogen (secondary N) is 2. The molecule has 0 spiro atoms. The van der Waals surface area contributed by atoms with Gasteiger partial charge in [0.2, 0.25) is 0 Å². The Morgan fingerprint density at radius 2 is 2.20 bits per heavy atom. The first-order valence-corrected chi connectivity index (χ1v) is 6.55. The highest BCUT2D eigenvalue weighted by Gasteiger charge is 2.17. The number of aromatic nitrogens is 1. The second-order valence-corrected chi connectivity index (χ2v) is 5.01. The molecule has 0 unspecified atom stereocenters. The number of carbonyl (C=O) groups is 1. The summed E-state index contributed by atoms with van der Waals surface area (Å²) in [6, 6.07) is 3.65. The fourth-order valence-corrected chi connectivity index (χ4v) is 2.51. The summed E-state index contributed by atoms with van der Waals surface area (Å²) >= 11 is 6.17. The number of anilines is 1. The van der Waals surface area contributed by atoms with Crippen LogP contribution in [0.5, 0.6) is 0 Å². The molecule has 1 aromatic carbocycles. The van der Waals surface area contributed by atoms with E-state index in [1.807, 2.05) is 13.0 Å². The molecule has 4 nitrogen and oxygen atoms in total. The minimum Gasteiger partial charge on any atom is -0.380 e. The van der Waals surface area contributed by atoms with Crippen molar-refractivity contribution in [3.8, 4) is 0 Å². The molecule has 0 bridgehead atoms. The Kier molecular flexibility index (Phi) is 3.95. The zero-order chi connectivity index (χ0) is 14.9. The highest BCUT2D eigenvalue weighted by atomic mass is 35.5. The molecule has 0 aliphatic heterocycles. The lowest BCUT2D eigenvalue weighted by atomic mass is 10.0. The minimum absolute atomic E-state index is 0.112. The van der Waals surface area contributed by atoms with E-state index < -0.39 is 5.56 Å². The van der Waals surface area contributed by atoms with E-state index in [1.54, 1.807) is 12.1 Å². The SMILES string of the molecule is C=CCNc1c(C(C)=O)c(=O)[nH]c2c(Cl)cc(C)cc12. The monoisotopic (exact) mass is 290 g/mol. The maximum atomic E-state index is 12.1. The van der Waals surface area contributed by atoms with Crippen molar-refractivity contribution < 1.29 is 4.79 Å². The van der Waals surface area contributed by atoms with Crippen LogP contribution in [0.1, 0.15) is 22.8 Å². The quantitative estimate of drug-likeness (QED) is 0.671. The Labute approximate surface area is 121 Å². The lowest BCUT2D eigenvalue weighted by Gasteiger charge is -2.13. The smallest absolute Gasteiger partial charge is 0.261 e. The lowest BCUT2D eigenvalue weighted by molar-refractivity contribution is 0.101. The lowest BCUT2D eigenvalue weighted by Crippen LogP contribution is -2.20. The Balaban J connectivity index is 2.91. The van der Waals surface area contributed by atoms with Gasteiger partial charge in [-0.2, -0.15) is 0 Å². The number of pyridine rings is 1. The Hall–Kier alpha value is -2.07. The third kappa shape index (κ3) is 2.47. The molecule has 2 rings (SSSR count). The molecule has 0 atom stereocenters. The van der Waals surface area contributed by atoms with Crippen LogP contribution < -0.4 is 10.9 Å². The highest BCUT2D eigenvalue weighted by Crippen LogP contribution is 2.30. The molecule has 5 heteroatoms. The fourth-order valence-electron chi connectivity index (χ4n) is 2.18. The third-order valence-electron chi connectivity index (χ3n) is 2.99. The summed E-state index contributed by atoms with van der Waals surface area (Å²) in [6.45, 7) is 7.35. The van der Waals surface area contributed by atoms with Crippen LogP contribution in [0.4, 0.5) is 5.69 Å². The summed E-state index contributed by atoms with van der Waals surface area (Å²) in [5, 5.41) is 4.24. The predicted octanol–water partition coefficient (Wildman–Crippen LogP) is 3.29. The maximum absolute atomic E-state index is 12.1. The van der Waals surface area contributed by atoms with Gasteiger partial charge < -0.3 is 10.3 Å². The summed E-state index contributed by atoms with van der Waals surface area (Å²) < 4.78 is 0. The zero-order valence-electron chi connectivity index (χ0n) is 11.3. The minimum atomic E-state index is -0.442. The van der Waals surface area contributed by atoms with Crippen molar-refractivity contribution in [1.29, 1.82) is 0 Å². The molecule has 0 saturated carbocycles. The third-order valence-corrected chi connectivity index (χ3v) is 3.29. The molecular formula is C15H15ClN2O2. The van der Waals surface area contributed by atoms with Crippen molar-refractivity contribution in [1.82, 2.24) is 4.98 Å². The van der Waals surface area contributed by atoms with Gasteiger partial charge in [-0.25, -0.2) is 0 Å². The largest absolute Gasteiger partial charge is 0.380 e. The van der Waals surface area contributed by atoms with Gasteiger partial charge in [-0.05, 0) is 31.5 Å². The number of rotatable bonds is 4. The van der Waals surface area contributed by atoms with Gasteiger partial charge in [-0.1, -0.05) is 17.7 Å². The summed E-state index contributed by atoms with van der Waals surface area (Å²) in [4.78, 5) is 26.5. The van der Waals surface area contributed by atoms with Gasteiger partial charge in [0, 0.05) is 11.9 Å². The first-order valence-electron chi connectivity index (χ1n) is 6.17. The normalized spacial score (nSPS) is 10.6. The van der Waals surface area contributed by atoms with E-state index in [-0.39, 0.29) is 11.3 Å². The van der Waals surface area contributed by atoms with Gasteiger partial charge in [0.15, 0.2) is 5.78 Å². The van der Waals surface area contributed by atoms with Gasteiger partial charge in [-0.3, -0.25) is 9.59 Å². The average molecular weight is 291 g/mol. The number of carbonyl (C=O) groups excluding carboxylic acids is 1. The molecule has 1 aromatic heterocycles. The standard InChI is InChI=1S/C15H15ClN2O2/c1-4-5-17-14-10-6-8(2)7-11(16)13(10)18-15(20)12(14)9(3)19/h4,6-7H,1,5H2,2-3H3,(H2,17,18,20).